The Morgan fingerprint density at radius 1 is 1.47 bits per heavy atom. The van der Waals surface area contributed by atoms with Crippen molar-refractivity contribution in [2.75, 3.05) is 13.1 Å². The molecule has 0 aliphatic heterocycles. The smallest absolute Gasteiger partial charge is 0.323 e. The number of nitrogens with zero attached hydrogens (tertiary/aromatic N) is 4. The Morgan fingerprint density at radius 2 is 2.24 bits per heavy atom. The van der Waals surface area contributed by atoms with Crippen LogP contribution in [0.5, 0.6) is 0 Å². The molecule has 1 N–H and O–H groups in total. The summed E-state index contributed by atoms with van der Waals surface area (Å²) in [6.45, 7) is 0.323. The molecule has 1 heterocycles. The van der Waals surface area contributed by atoms with Crippen LogP contribution in [0.25, 0.3) is 0 Å². The standard InChI is InChI=1S/C10H14N4O3/c15-9(4-14-7-11-6-12-14)13(5-10(16)17)3-8-1-2-8/h6-8H,1-5H2,(H,16,17). The third kappa shape index (κ3) is 3.54. The van der Waals surface area contributed by atoms with Gasteiger partial charge in [-0.1, -0.05) is 0 Å². The van der Waals surface area contributed by atoms with E-state index >= 15 is 0 Å². The van der Waals surface area contributed by atoms with E-state index in [4.69, 9.17) is 5.11 Å². The summed E-state index contributed by atoms with van der Waals surface area (Å²) in [7, 11) is 0. The number of rotatable bonds is 6. The van der Waals surface area contributed by atoms with E-state index in [0.29, 0.717) is 12.5 Å². The molecular weight excluding hydrogens is 224 g/mol. The summed E-state index contributed by atoms with van der Waals surface area (Å²) in [6.07, 6.45) is 4.93. The van der Waals surface area contributed by atoms with E-state index in [-0.39, 0.29) is 19.0 Å². The average Bonchev–Trinajstić information content (AvgIpc) is 2.92. The molecule has 0 spiro atoms. The largest absolute Gasteiger partial charge is 0.480 e. The number of carboxylic acid groups (broad SMARTS) is 1. The van der Waals surface area contributed by atoms with Crippen molar-refractivity contribution < 1.29 is 14.7 Å². The van der Waals surface area contributed by atoms with E-state index in [9.17, 15) is 9.59 Å². The highest BCUT2D eigenvalue weighted by Gasteiger charge is 2.27. The minimum absolute atomic E-state index is 0.0417. The van der Waals surface area contributed by atoms with Gasteiger partial charge in [0.1, 0.15) is 25.7 Å². The lowest BCUT2D eigenvalue weighted by molar-refractivity contribution is -0.145. The first-order valence-corrected chi connectivity index (χ1v) is 5.47. The summed E-state index contributed by atoms with van der Waals surface area (Å²) < 4.78 is 1.39. The molecular formula is C10H14N4O3. The van der Waals surface area contributed by atoms with Gasteiger partial charge in [0.05, 0.1) is 0 Å². The summed E-state index contributed by atoms with van der Waals surface area (Å²) in [5, 5.41) is 12.6. The van der Waals surface area contributed by atoms with Crippen molar-refractivity contribution in [2.24, 2.45) is 5.92 Å². The van der Waals surface area contributed by atoms with E-state index in [1.54, 1.807) is 0 Å². The number of carboxylic acids is 1. The Bertz CT molecular complexity index is 400. The van der Waals surface area contributed by atoms with Gasteiger partial charge in [0.15, 0.2) is 0 Å². The molecule has 0 saturated heterocycles. The lowest BCUT2D eigenvalue weighted by Crippen LogP contribution is -2.39. The van der Waals surface area contributed by atoms with Crippen molar-refractivity contribution in [1.29, 1.82) is 0 Å². The van der Waals surface area contributed by atoms with Crippen LogP contribution >= 0.6 is 0 Å². The van der Waals surface area contributed by atoms with Crippen LogP contribution in [0.1, 0.15) is 12.8 Å². The third-order valence-electron chi connectivity index (χ3n) is 2.62. The molecule has 1 aromatic heterocycles. The SMILES string of the molecule is O=C(O)CN(CC1CC1)C(=O)Cn1cncn1. The van der Waals surface area contributed by atoms with E-state index in [1.165, 1.54) is 22.2 Å². The third-order valence-corrected chi connectivity index (χ3v) is 2.62. The zero-order chi connectivity index (χ0) is 12.3. The first-order valence-electron chi connectivity index (χ1n) is 5.47. The van der Waals surface area contributed by atoms with Crippen LogP contribution in [0, 0.1) is 5.92 Å². The topological polar surface area (TPSA) is 88.3 Å². The molecule has 1 aliphatic carbocycles. The van der Waals surface area contributed by atoms with Gasteiger partial charge in [0.25, 0.3) is 0 Å². The molecule has 0 radical (unpaired) electrons. The fraction of sp³-hybridized carbons (Fsp3) is 0.600. The van der Waals surface area contributed by atoms with E-state index in [2.05, 4.69) is 10.1 Å². The van der Waals surface area contributed by atoms with Crippen molar-refractivity contribution in [1.82, 2.24) is 19.7 Å². The van der Waals surface area contributed by atoms with Gasteiger partial charge in [-0.2, -0.15) is 5.10 Å². The predicted molar refractivity (Wildman–Crippen MR) is 57.0 cm³/mol. The van der Waals surface area contributed by atoms with Gasteiger partial charge in [-0.05, 0) is 18.8 Å². The molecule has 17 heavy (non-hydrogen) atoms. The maximum atomic E-state index is 11.9. The van der Waals surface area contributed by atoms with Crippen molar-refractivity contribution in [3.8, 4) is 0 Å². The number of hydrogen-bond acceptors (Lipinski definition) is 4. The summed E-state index contributed by atoms with van der Waals surface area (Å²) in [4.78, 5) is 27.7. The number of hydrogen-bond donors (Lipinski definition) is 1. The highest BCUT2D eigenvalue weighted by molar-refractivity contribution is 5.81. The monoisotopic (exact) mass is 238 g/mol. The zero-order valence-corrected chi connectivity index (χ0v) is 9.32. The van der Waals surface area contributed by atoms with Gasteiger partial charge in [0.2, 0.25) is 5.91 Å². The van der Waals surface area contributed by atoms with Gasteiger partial charge in [-0.25, -0.2) is 9.67 Å². The van der Waals surface area contributed by atoms with Gasteiger partial charge < -0.3 is 10.0 Å². The number of amides is 1. The Hall–Kier alpha value is -1.92. The Morgan fingerprint density at radius 3 is 2.76 bits per heavy atom. The number of carbonyl (C=O) groups is 2. The molecule has 92 valence electrons. The van der Waals surface area contributed by atoms with Crippen LogP contribution in [-0.2, 0) is 16.1 Å². The molecule has 1 aromatic rings. The van der Waals surface area contributed by atoms with E-state index < -0.39 is 5.97 Å². The highest BCUT2D eigenvalue weighted by Crippen LogP contribution is 2.29. The summed E-state index contributed by atoms with van der Waals surface area (Å²) in [5.74, 6) is -0.753. The van der Waals surface area contributed by atoms with Crippen molar-refractivity contribution in [2.45, 2.75) is 19.4 Å². The molecule has 2 rings (SSSR count). The van der Waals surface area contributed by atoms with Gasteiger partial charge in [-0.3, -0.25) is 9.59 Å². The van der Waals surface area contributed by atoms with Gasteiger partial charge in [0, 0.05) is 6.54 Å². The first kappa shape index (κ1) is 11.6. The minimum atomic E-state index is -0.988. The molecule has 1 aliphatic rings. The Balaban J connectivity index is 1.93. The summed E-state index contributed by atoms with van der Waals surface area (Å²) in [6, 6.07) is 0. The number of aliphatic carboxylic acids is 1. The van der Waals surface area contributed by atoms with Crippen LogP contribution in [0.3, 0.4) is 0 Å². The highest BCUT2D eigenvalue weighted by atomic mass is 16.4. The Labute approximate surface area is 98.0 Å². The molecule has 7 heteroatoms. The molecule has 0 aromatic carbocycles. The van der Waals surface area contributed by atoms with Crippen LogP contribution in [0.4, 0.5) is 0 Å². The predicted octanol–water partition coefficient (Wildman–Crippen LogP) is -0.399. The molecule has 1 fully saturated rings. The van der Waals surface area contributed by atoms with Crippen molar-refractivity contribution in [3.63, 3.8) is 0 Å². The van der Waals surface area contributed by atoms with Gasteiger partial charge >= 0.3 is 5.97 Å². The van der Waals surface area contributed by atoms with Crippen molar-refractivity contribution in [3.05, 3.63) is 12.7 Å². The summed E-state index contributed by atoms with van der Waals surface area (Å²) in [5.41, 5.74) is 0. The fourth-order valence-corrected chi connectivity index (χ4v) is 1.58. The first-order chi connectivity index (χ1) is 8.15. The minimum Gasteiger partial charge on any atom is -0.480 e. The molecule has 0 unspecified atom stereocenters. The molecule has 1 saturated carbocycles. The quantitative estimate of drug-likeness (QED) is 0.728. The van der Waals surface area contributed by atoms with Crippen LogP contribution < -0.4 is 0 Å². The normalized spacial score (nSPS) is 14.6. The van der Waals surface area contributed by atoms with Gasteiger partial charge in [-0.15, -0.1) is 0 Å². The second-order valence-corrected chi connectivity index (χ2v) is 4.20. The van der Waals surface area contributed by atoms with Crippen LogP contribution in [0.15, 0.2) is 12.7 Å². The molecule has 7 nitrogen and oxygen atoms in total. The van der Waals surface area contributed by atoms with Crippen LogP contribution in [0.2, 0.25) is 0 Å². The average molecular weight is 238 g/mol. The van der Waals surface area contributed by atoms with Crippen molar-refractivity contribution >= 4 is 11.9 Å². The second-order valence-electron chi connectivity index (χ2n) is 4.20. The summed E-state index contributed by atoms with van der Waals surface area (Å²) >= 11 is 0. The van der Waals surface area contributed by atoms with E-state index in [1.807, 2.05) is 0 Å². The molecule has 1 amide bonds. The Kier molecular flexibility index (Phi) is 3.36. The lowest BCUT2D eigenvalue weighted by atomic mass is 10.3. The number of aromatic nitrogens is 3. The molecule has 0 bridgehead atoms. The van der Waals surface area contributed by atoms with Crippen LogP contribution in [-0.4, -0.2) is 49.7 Å². The maximum Gasteiger partial charge on any atom is 0.323 e. The fourth-order valence-electron chi connectivity index (χ4n) is 1.58. The zero-order valence-electron chi connectivity index (χ0n) is 9.32. The second kappa shape index (κ2) is 4.94. The molecule has 0 atom stereocenters. The van der Waals surface area contributed by atoms with E-state index in [0.717, 1.165) is 12.8 Å². The number of carbonyl (C=O) groups excluding carboxylic acids is 1. The maximum absolute atomic E-state index is 11.9. The lowest BCUT2D eigenvalue weighted by Gasteiger charge is -2.20.